The van der Waals surface area contributed by atoms with Gasteiger partial charge in [-0.05, 0) is 31.5 Å². The van der Waals surface area contributed by atoms with Crippen LogP contribution < -0.4 is 10.5 Å². The van der Waals surface area contributed by atoms with Crippen LogP contribution in [0.3, 0.4) is 0 Å². The molecule has 0 spiro atoms. The molecule has 1 aromatic rings. The molecule has 1 aromatic carbocycles. The fraction of sp³-hybridized carbons (Fsp3) is 0.417. The highest BCUT2D eigenvalue weighted by Crippen LogP contribution is 2.21. The fourth-order valence-electron chi connectivity index (χ4n) is 2.00. The first kappa shape index (κ1) is 14.0. The van der Waals surface area contributed by atoms with Crippen molar-refractivity contribution < 1.29 is 17.9 Å². The molecule has 1 amide bonds. The number of nitrogens with two attached hydrogens (primary N) is 1. The zero-order chi connectivity index (χ0) is 14.0. The Labute approximate surface area is 112 Å². The minimum atomic E-state index is -3.76. The maximum atomic E-state index is 11.9. The number of anilines is 1. The number of amides is 1. The summed E-state index contributed by atoms with van der Waals surface area (Å²) < 4.78 is 27.8. The van der Waals surface area contributed by atoms with E-state index < -0.39 is 10.0 Å². The van der Waals surface area contributed by atoms with Gasteiger partial charge in [-0.3, -0.25) is 4.79 Å². The average Bonchev–Trinajstić information content (AvgIpc) is 2.75. The van der Waals surface area contributed by atoms with E-state index in [1.54, 1.807) is 6.07 Å². The number of rotatable bonds is 3. The van der Waals surface area contributed by atoms with Gasteiger partial charge in [-0.25, -0.2) is 13.6 Å². The predicted octanol–water partition coefficient (Wildman–Crippen LogP) is 0.698. The van der Waals surface area contributed by atoms with Gasteiger partial charge in [0.25, 0.3) is 0 Å². The molecule has 0 radical (unpaired) electrons. The van der Waals surface area contributed by atoms with Crippen LogP contribution in [-0.4, -0.2) is 27.0 Å². The van der Waals surface area contributed by atoms with Crippen molar-refractivity contribution in [3.8, 4) is 0 Å². The molecule has 0 aliphatic carbocycles. The second kappa shape index (κ2) is 5.28. The maximum absolute atomic E-state index is 11.9. The topological polar surface area (TPSA) is 98.5 Å². The molecule has 1 heterocycles. The molecule has 7 heteroatoms. The van der Waals surface area contributed by atoms with E-state index in [1.165, 1.54) is 18.2 Å². The largest absolute Gasteiger partial charge is 0.378 e. The minimum Gasteiger partial charge on any atom is -0.378 e. The Bertz CT molecular complexity index is 585. The highest BCUT2D eigenvalue weighted by Gasteiger charge is 2.28. The Kier molecular flexibility index (Phi) is 3.88. The molecule has 2 rings (SSSR count). The van der Waals surface area contributed by atoms with Crippen molar-refractivity contribution >= 4 is 21.6 Å². The van der Waals surface area contributed by atoms with Crippen LogP contribution in [0.5, 0.6) is 0 Å². The Morgan fingerprint density at radius 2 is 2.21 bits per heavy atom. The molecule has 6 nitrogen and oxygen atoms in total. The lowest BCUT2D eigenvalue weighted by Crippen LogP contribution is -2.23. The summed E-state index contributed by atoms with van der Waals surface area (Å²) in [5.74, 6) is -0.371. The second-order valence-electron chi connectivity index (χ2n) is 4.64. The van der Waals surface area contributed by atoms with Crippen LogP contribution in [-0.2, 0) is 19.6 Å². The van der Waals surface area contributed by atoms with E-state index in [0.29, 0.717) is 18.7 Å². The number of ether oxygens (including phenoxy) is 1. The van der Waals surface area contributed by atoms with Gasteiger partial charge in [0.15, 0.2) is 0 Å². The summed E-state index contributed by atoms with van der Waals surface area (Å²) >= 11 is 0. The summed E-state index contributed by atoms with van der Waals surface area (Å²) in [4.78, 5) is 11.9. The Morgan fingerprint density at radius 1 is 1.47 bits per heavy atom. The van der Waals surface area contributed by atoms with Crippen LogP contribution >= 0.6 is 0 Å². The molecule has 1 aliphatic rings. The van der Waals surface area contributed by atoms with Gasteiger partial charge in [0, 0.05) is 5.69 Å². The molecule has 2 unspecified atom stereocenters. The number of hydrogen-bond acceptors (Lipinski definition) is 4. The lowest BCUT2D eigenvalue weighted by molar-refractivity contribution is -0.119. The minimum absolute atomic E-state index is 0.0265. The molecule has 3 N–H and O–H groups in total. The van der Waals surface area contributed by atoms with Crippen LogP contribution in [0, 0.1) is 5.92 Å². The number of sulfonamides is 1. The first-order chi connectivity index (χ1) is 8.86. The van der Waals surface area contributed by atoms with Crippen molar-refractivity contribution in [1.82, 2.24) is 0 Å². The quantitative estimate of drug-likeness (QED) is 0.853. The number of primary sulfonamides is 1. The summed E-state index contributed by atoms with van der Waals surface area (Å²) in [6, 6.07) is 5.87. The molecule has 1 aliphatic heterocycles. The van der Waals surface area contributed by atoms with Crippen molar-refractivity contribution in [2.24, 2.45) is 11.1 Å². The van der Waals surface area contributed by atoms with Gasteiger partial charge in [0.05, 0.1) is 23.5 Å². The SMILES string of the molecule is CC1CC(C(=O)Nc2cccc(S(N)(=O)=O)c2)CO1. The number of carbonyl (C=O) groups is 1. The van der Waals surface area contributed by atoms with Gasteiger partial charge in [-0.1, -0.05) is 6.07 Å². The molecule has 0 saturated carbocycles. The fourth-order valence-corrected chi connectivity index (χ4v) is 2.55. The van der Waals surface area contributed by atoms with E-state index in [1.807, 2.05) is 6.92 Å². The van der Waals surface area contributed by atoms with Crippen LogP contribution in [0.4, 0.5) is 5.69 Å². The Balaban J connectivity index is 2.09. The average molecular weight is 284 g/mol. The highest BCUT2D eigenvalue weighted by molar-refractivity contribution is 7.89. The zero-order valence-corrected chi connectivity index (χ0v) is 11.3. The Morgan fingerprint density at radius 3 is 2.79 bits per heavy atom. The smallest absolute Gasteiger partial charge is 0.238 e. The van der Waals surface area contributed by atoms with Crippen LogP contribution in [0.25, 0.3) is 0 Å². The molecular weight excluding hydrogens is 268 g/mol. The zero-order valence-electron chi connectivity index (χ0n) is 10.5. The normalized spacial score (nSPS) is 23.3. The van der Waals surface area contributed by atoms with E-state index in [-0.39, 0.29) is 22.8 Å². The number of benzene rings is 1. The summed E-state index contributed by atoms with van der Waals surface area (Å²) in [5.41, 5.74) is 0.413. The van der Waals surface area contributed by atoms with Gasteiger partial charge in [-0.15, -0.1) is 0 Å². The molecule has 19 heavy (non-hydrogen) atoms. The molecule has 1 saturated heterocycles. The second-order valence-corrected chi connectivity index (χ2v) is 6.20. The van der Waals surface area contributed by atoms with Gasteiger partial charge < -0.3 is 10.1 Å². The molecule has 0 bridgehead atoms. The van der Waals surface area contributed by atoms with E-state index in [2.05, 4.69) is 5.32 Å². The lowest BCUT2D eigenvalue weighted by Gasteiger charge is -2.10. The molecular formula is C12H16N2O4S. The predicted molar refractivity (Wildman–Crippen MR) is 70.0 cm³/mol. The van der Waals surface area contributed by atoms with Crippen molar-refractivity contribution in [2.45, 2.75) is 24.3 Å². The number of hydrogen-bond donors (Lipinski definition) is 2. The van der Waals surface area contributed by atoms with E-state index in [4.69, 9.17) is 9.88 Å². The van der Waals surface area contributed by atoms with E-state index >= 15 is 0 Å². The van der Waals surface area contributed by atoms with E-state index in [0.717, 1.165) is 0 Å². The first-order valence-electron chi connectivity index (χ1n) is 5.91. The van der Waals surface area contributed by atoms with Gasteiger partial charge >= 0.3 is 0 Å². The maximum Gasteiger partial charge on any atom is 0.238 e. The van der Waals surface area contributed by atoms with Crippen molar-refractivity contribution in [1.29, 1.82) is 0 Å². The number of nitrogens with one attached hydrogen (secondary N) is 1. The lowest BCUT2D eigenvalue weighted by atomic mass is 10.1. The van der Waals surface area contributed by atoms with E-state index in [9.17, 15) is 13.2 Å². The van der Waals surface area contributed by atoms with Crippen molar-refractivity contribution in [2.75, 3.05) is 11.9 Å². The summed E-state index contributed by atoms with van der Waals surface area (Å²) in [6.45, 7) is 2.30. The van der Waals surface area contributed by atoms with Crippen LogP contribution in [0.1, 0.15) is 13.3 Å². The van der Waals surface area contributed by atoms with Gasteiger partial charge in [-0.2, -0.15) is 0 Å². The summed E-state index contributed by atoms with van der Waals surface area (Å²) in [5, 5.41) is 7.71. The Hall–Kier alpha value is -1.44. The third kappa shape index (κ3) is 3.52. The van der Waals surface area contributed by atoms with Gasteiger partial charge in [0.2, 0.25) is 15.9 Å². The third-order valence-electron chi connectivity index (χ3n) is 3.00. The standard InChI is InChI=1S/C12H16N2O4S/c1-8-5-9(7-18-8)12(15)14-10-3-2-4-11(6-10)19(13,16)17/h2-4,6,8-9H,5,7H2,1H3,(H,14,15)(H2,13,16,17). The summed E-state index contributed by atoms with van der Waals surface area (Å²) in [6.07, 6.45) is 0.743. The number of carbonyl (C=O) groups excluding carboxylic acids is 1. The molecule has 2 atom stereocenters. The van der Waals surface area contributed by atoms with Crippen LogP contribution in [0.2, 0.25) is 0 Å². The van der Waals surface area contributed by atoms with Crippen molar-refractivity contribution in [3.05, 3.63) is 24.3 Å². The van der Waals surface area contributed by atoms with Gasteiger partial charge in [0.1, 0.15) is 0 Å². The molecule has 1 fully saturated rings. The summed E-state index contributed by atoms with van der Waals surface area (Å²) in [7, 11) is -3.76. The van der Waals surface area contributed by atoms with Crippen LogP contribution in [0.15, 0.2) is 29.2 Å². The highest BCUT2D eigenvalue weighted by atomic mass is 32.2. The molecule has 104 valence electrons. The monoisotopic (exact) mass is 284 g/mol. The first-order valence-corrected chi connectivity index (χ1v) is 7.46. The van der Waals surface area contributed by atoms with Crippen molar-refractivity contribution in [3.63, 3.8) is 0 Å². The third-order valence-corrected chi connectivity index (χ3v) is 3.91. The molecule has 0 aromatic heterocycles.